The Bertz CT molecular complexity index is 766. The molecule has 1 aliphatic rings. The third-order valence-corrected chi connectivity index (χ3v) is 4.73. The molecule has 5 heteroatoms. The van der Waals surface area contributed by atoms with Crippen LogP contribution in [-0.2, 0) is 16.1 Å². The summed E-state index contributed by atoms with van der Waals surface area (Å²) in [6.07, 6.45) is 3.02. The van der Waals surface area contributed by atoms with Crippen LogP contribution in [0.3, 0.4) is 0 Å². The molecule has 0 aromatic heterocycles. The quantitative estimate of drug-likeness (QED) is 0.646. The summed E-state index contributed by atoms with van der Waals surface area (Å²) in [7, 11) is 0. The minimum atomic E-state index is -0.981. The van der Waals surface area contributed by atoms with Crippen LogP contribution in [0.15, 0.2) is 43.0 Å². The van der Waals surface area contributed by atoms with E-state index < -0.39 is 17.9 Å². The normalized spacial score (nSPS) is 19.7. The summed E-state index contributed by atoms with van der Waals surface area (Å²) < 4.78 is 44.5. The van der Waals surface area contributed by atoms with Crippen molar-refractivity contribution in [3.8, 4) is 5.75 Å². The van der Waals surface area contributed by atoms with E-state index in [1.807, 2.05) is 18.2 Å². The highest BCUT2D eigenvalue weighted by Crippen LogP contribution is 2.30. The molecule has 1 saturated heterocycles. The molecule has 2 aromatic rings. The number of hydrogen-bond donors (Lipinski definition) is 0. The molecule has 0 N–H and O–H groups in total. The van der Waals surface area contributed by atoms with Crippen LogP contribution < -0.4 is 4.74 Å². The topological polar surface area (TPSA) is 27.7 Å². The molecule has 2 unspecified atom stereocenters. The standard InChI is InChI=1S/C22H24F2O3/c1-3-15-5-7-16(8-6-15)17-10-12-20(26-13-17)27-14-18-9-11-19(25-4-2)22(24)21(18)23/h3,5-9,11,17,20H,1,4,10,12-14H2,2H3. The molecule has 0 saturated carbocycles. The van der Waals surface area contributed by atoms with Crippen molar-refractivity contribution >= 4 is 6.08 Å². The lowest BCUT2D eigenvalue weighted by Gasteiger charge is -2.29. The summed E-state index contributed by atoms with van der Waals surface area (Å²) in [6.45, 7) is 6.25. The summed E-state index contributed by atoms with van der Waals surface area (Å²) >= 11 is 0. The molecule has 2 aromatic carbocycles. The summed E-state index contributed by atoms with van der Waals surface area (Å²) in [5.41, 5.74) is 2.46. The average molecular weight is 374 g/mol. The van der Waals surface area contributed by atoms with Gasteiger partial charge in [0.25, 0.3) is 0 Å². The van der Waals surface area contributed by atoms with Crippen LogP contribution >= 0.6 is 0 Å². The molecule has 1 heterocycles. The van der Waals surface area contributed by atoms with E-state index in [9.17, 15) is 8.78 Å². The second kappa shape index (κ2) is 9.11. The van der Waals surface area contributed by atoms with E-state index in [1.165, 1.54) is 17.7 Å². The van der Waals surface area contributed by atoms with Crippen molar-refractivity contribution in [1.82, 2.24) is 0 Å². The van der Waals surface area contributed by atoms with Gasteiger partial charge in [0.15, 0.2) is 17.9 Å². The highest BCUT2D eigenvalue weighted by molar-refractivity contribution is 5.47. The van der Waals surface area contributed by atoms with Gasteiger partial charge in [-0.1, -0.05) is 36.9 Å². The Kier molecular flexibility index (Phi) is 6.58. The highest BCUT2D eigenvalue weighted by atomic mass is 19.2. The van der Waals surface area contributed by atoms with Gasteiger partial charge in [0, 0.05) is 11.5 Å². The maximum Gasteiger partial charge on any atom is 0.200 e. The molecule has 3 rings (SSSR count). The largest absolute Gasteiger partial charge is 0.491 e. The fraction of sp³-hybridized carbons (Fsp3) is 0.364. The maximum absolute atomic E-state index is 14.1. The van der Waals surface area contributed by atoms with Crippen molar-refractivity contribution in [1.29, 1.82) is 0 Å². The summed E-state index contributed by atoms with van der Waals surface area (Å²) in [5, 5.41) is 0. The van der Waals surface area contributed by atoms with E-state index in [2.05, 4.69) is 18.7 Å². The van der Waals surface area contributed by atoms with E-state index in [0.717, 1.165) is 12.0 Å². The zero-order valence-electron chi connectivity index (χ0n) is 15.4. The Labute approximate surface area is 158 Å². The lowest BCUT2D eigenvalue weighted by atomic mass is 9.92. The lowest BCUT2D eigenvalue weighted by Crippen LogP contribution is -2.27. The Morgan fingerprint density at radius 1 is 1.11 bits per heavy atom. The van der Waals surface area contributed by atoms with Gasteiger partial charge in [-0.2, -0.15) is 4.39 Å². The summed E-state index contributed by atoms with van der Waals surface area (Å²) in [4.78, 5) is 0. The van der Waals surface area contributed by atoms with Gasteiger partial charge in [0.2, 0.25) is 5.82 Å². The van der Waals surface area contributed by atoms with Crippen LogP contribution in [0.2, 0.25) is 0 Å². The van der Waals surface area contributed by atoms with Gasteiger partial charge in [-0.3, -0.25) is 0 Å². The number of benzene rings is 2. The van der Waals surface area contributed by atoms with Gasteiger partial charge in [-0.15, -0.1) is 0 Å². The first-order valence-electron chi connectivity index (χ1n) is 9.17. The second-order valence-electron chi connectivity index (χ2n) is 6.50. The predicted molar refractivity (Wildman–Crippen MR) is 101 cm³/mol. The Balaban J connectivity index is 1.52. The molecule has 2 atom stereocenters. The van der Waals surface area contributed by atoms with Crippen LogP contribution in [0, 0.1) is 11.6 Å². The molecular weight excluding hydrogens is 350 g/mol. The van der Waals surface area contributed by atoms with Crippen LogP contribution in [0.1, 0.15) is 42.4 Å². The van der Waals surface area contributed by atoms with Crippen molar-refractivity contribution in [2.45, 2.75) is 38.6 Å². The molecule has 0 bridgehead atoms. The van der Waals surface area contributed by atoms with E-state index in [0.29, 0.717) is 18.9 Å². The summed E-state index contributed by atoms with van der Waals surface area (Å²) in [5.74, 6) is -1.69. The highest BCUT2D eigenvalue weighted by Gasteiger charge is 2.24. The molecular formula is C22H24F2O3. The van der Waals surface area contributed by atoms with Crippen molar-refractivity contribution in [2.24, 2.45) is 0 Å². The average Bonchev–Trinajstić information content (AvgIpc) is 2.71. The van der Waals surface area contributed by atoms with Gasteiger partial charge in [0.1, 0.15) is 0 Å². The molecule has 0 radical (unpaired) electrons. The minimum Gasteiger partial charge on any atom is -0.491 e. The third kappa shape index (κ3) is 4.73. The molecule has 144 valence electrons. The van der Waals surface area contributed by atoms with Gasteiger partial charge in [-0.05, 0) is 43.0 Å². The fourth-order valence-electron chi connectivity index (χ4n) is 3.16. The first-order valence-corrected chi connectivity index (χ1v) is 9.17. The minimum absolute atomic E-state index is 0.0431. The number of halogens is 2. The predicted octanol–water partition coefficient (Wildman–Crippen LogP) is 5.44. The van der Waals surface area contributed by atoms with Crippen LogP contribution in [0.5, 0.6) is 5.75 Å². The molecule has 27 heavy (non-hydrogen) atoms. The van der Waals surface area contributed by atoms with Crippen LogP contribution in [0.4, 0.5) is 8.78 Å². The van der Waals surface area contributed by atoms with Crippen molar-refractivity contribution < 1.29 is 23.0 Å². The molecule has 0 amide bonds. The summed E-state index contributed by atoms with van der Waals surface area (Å²) in [6, 6.07) is 11.2. The van der Waals surface area contributed by atoms with Gasteiger partial charge in [0.05, 0.1) is 19.8 Å². The van der Waals surface area contributed by atoms with E-state index in [4.69, 9.17) is 14.2 Å². The number of rotatable bonds is 7. The van der Waals surface area contributed by atoms with Gasteiger partial charge in [-0.25, -0.2) is 4.39 Å². The first-order chi connectivity index (χ1) is 13.1. The van der Waals surface area contributed by atoms with Crippen molar-refractivity contribution in [2.75, 3.05) is 13.2 Å². The molecule has 0 spiro atoms. The van der Waals surface area contributed by atoms with Gasteiger partial charge < -0.3 is 14.2 Å². The SMILES string of the molecule is C=Cc1ccc(C2CCC(OCc3ccc(OCC)c(F)c3F)OC2)cc1. The molecule has 1 fully saturated rings. The van der Waals surface area contributed by atoms with E-state index in [1.54, 1.807) is 6.92 Å². The van der Waals surface area contributed by atoms with Crippen molar-refractivity contribution in [3.63, 3.8) is 0 Å². The Morgan fingerprint density at radius 3 is 2.52 bits per heavy atom. The van der Waals surface area contributed by atoms with E-state index in [-0.39, 0.29) is 24.5 Å². The monoisotopic (exact) mass is 374 g/mol. The zero-order chi connectivity index (χ0) is 19.2. The first kappa shape index (κ1) is 19.5. The molecule has 3 nitrogen and oxygen atoms in total. The zero-order valence-corrected chi connectivity index (χ0v) is 15.4. The van der Waals surface area contributed by atoms with Crippen LogP contribution in [-0.4, -0.2) is 19.5 Å². The lowest BCUT2D eigenvalue weighted by molar-refractivity contribution is -0.174. The Hall–Kier alpha value is -2.24. The maximum atomic E-state index is 14.1. The third-order valence-electron chi connectivity index (χ3n) is 4.73. The second-order valence-corrected chi connectivity index (χ2v) is 6.50. The Morgan fingerprint density at radius 2 is 1.89 bits per heavy atom. The van der Waals surface area contributed by atoms with Gasteiger partial charge >= 0.3 is 0 Å². The fourth-order valence-corrected chi connectivity index (χ4v) is 3.16. The van der Waals surface area contributed by atoms with Crippen molar-refractivity contribution in [3.05, 3.63) is 71.3 Å². The number of hydrogen-bond acceptors (Lipinski definition) is 3. The number of ether oxygens (including phenoxy) is 3. The smallest absolute Gasteiger partial charge is 0.200 e. The van der Waals surface area contributed by atoms with E-state index >= 15 is 0 Å². The molecule has 1 aliphatic heterocycles. The van der Waals surface area contributed by atoms with Crippen LogP contribution in [0.25, 0.3) is 6.08 Å². The molecule has 0 aliphatic carbocycles.